The van der Waals surface area contributed by atoms with Crippen LogP contribution in [0.4, 0.5) is 5.69 Å². The Morgan fingerprint density at radius 2 is 2.16 bits per heavy atom. The summed E-state index contributed by atoms with van der Waals surface area (Å²) in [4.78, 5) is 27.6. The molecule has 1 aliphatic heterocycles. The Balaban J connectivity index is 1.93. The second kappa shape index (κ2) is 9.39. The Morgan fingerprint density at radius 1 is 1.40 bits per heavy atom. The number of para-hydroxylation sites is 1. The number of carbonyl (C=O) groups excluding carboxylic acids is 1. The number of anilines is 1. The van der Waals surface area contributed by atoms with E-state index >= 15 is 0 Å². The number of ether oxygens (including phenoxy) is 1. The van der Waals surface area contributed by atoms with E-state index in [4.69, 9.17) is 9.84 Å². The number of amides is 1. The van der Waals surface area contributed by atoms with Crippen molar-refractivity contribution in [2.75, 3.05) is 58.8 Å². The molecule has 2 N–H and O–H groups in total. The third-order valence-corrected chi connectivity index (χ3v) is 4.45. The van der Waals surface area contributed by atoms with E-state index in [1.54, 1.807) is 43.3 Å². The number of nitrogens with zero attached hydrogens (tertiary/aromatic N) is 2. The highest BCUT2D eigenvalue weighted by Crippen LogP contribution is 2.20. The second-order valence-electron chi connectivity index (χ2n) is 6.43. The van der Waals surface area contributed by atoms with Crippen molar-refractivity contribution < 1.29 is 19.4 Å². The molecule has 0 aliphatic carbocycles. The number of nitrogens with one attached hydrogen (secondary N) is 1. The Morgan fingerprint density at radius 3 is 2.88 bits per heavy atom. The summed E-state index contributed by atoms with van der Waals surface area (Å²) < 4.78 is 5.11. The minimum atomic E-state index is -0.960. The van der Waals surface area contributed by atoms with Gasteiger partial charge in [-0.15, -0.1) is 0 Å². The highest BCUT2D eigenvalue weighted by molar-refractivity contribution is 5.99. The lowest BCUT2D eigenvalue weighted by Gasteiger charge is -2.23. The molecule has 1 saturated heterocycles. The molecule has 7 nitrogen and oxygen atoms in total. The Bertz CT molecular complexity index is 593. The standard InChI is InChI=1S/C18H27N3O4/c1-20(12-14-7-8-21(13-14)9-10-25-2)18(24)15-5-3-4-6-16(15)19-11-17(22)23/h3-6,14,19H,7-13H2,1-2H3,(H,22,23). The molecule has 1 aromatic carbocycles. The predicted octanol–water partition coefficient (Wildman–Crippen LogP) is 1.22. The molecule has 0 bridgehead atoms. The van der Waals surface area contributed by atoms with E-state index in [0.717, 1.165) is 32.7 Å². The zero-order valence-corrected chi connectivity index (χ0v) is 14.9. The molecule has 1 aliphatic rings. The quantitative estimate of drug-likeness (QED) is 0.698. The van der Waals surface area contributed by atoms with Gasteiger partial charge in [-0.2, -0.15) is 0 Å². The van der Waals surface area contributed by atoms with Crippen LogP contribution in [0.2, 0.25) is 0 Å². The highest BCUT2D eigenvalue weighted by atomic mass is 16.5. The summed E-state index contributed by atoms with van der Waals surface area (Å²) in [5, 5.41) is 11.6. The topological polar surface area (TPSA) is 82.1 Å². The largest absolute Gasteiger partial charge is 0.480 e. The van der Waals surface area contributed by atoms with Gasteiger partial charge in [0, 0.05) is 39.5 Å². The van der Waals surface area contributed by atoms with Crippen molar-refractivity contribution in [2.24, 2.45) is 5.92 Å². The molecule has 1 unspecified atom stereocenters. The molecule has 0 saturated carbocycles. The van der Waals surface area contributed by atoms with Crippen molar-refractivity contribution in [3.05, 3.63) is 29.8 Å². The molecule has 1 atom stereocenters. The maximum atomic E-state index is 12.8. The summed E-state index contributed by atoms with van der Waals surface area (Å²) >= 11 is 0. The first-order valence-corrected chi connectivity index (χ1v) is 8.52. The maximum Gasteiger partial charge on any atom is 0.322 e. The van der Waals surface area contributed by atoms with E-state index in [-0.39, 0.29) is 12.5 Å². The normalized spacial score (nSPS) is 17.4. The Kier molecular flexibility index (Phi) is 7.21. The smallest absolute Gasteiger partial charge is 0.322 e. The first-order chi connectivity index (χ1) is 12.0. The van der Waals surface area contributed by atoms with Gasteiger partial charge in [0.25, 0.3) is 5.91 Å². The van der Waals surface area contributed by atoms with Gasteiger partial charge in [0.2, 0.25) is 0 Å². The van der Waals surface area contributed by atoms with Crippen LogP contribution in [0.15, 0.2) is 24.3 Å². The second-order valence-corrected chi connectivity index (χ2v) is 6.43. The molecule has 1 fully saturated rings. The van der Waals surface area contributed by atoms with Gasteiger partial charge in [0.15, 0.2) is 0 Å². The van der Waals surface area contributed by atoms with Crippen LogP contribution in [0.25, 0.3) is 0 Å². The van der Waals surface area contributed by atoms with Crippen LogP contribution in [0.5, 0.6) is 0 Å². The van der Waals surface area contributed by atoms with E-state index in [2.05, 4.69) is 10.2 Å². The lowest BCUT2D eigenvalue weighted by molar-refractivity contribution is -0.134. The van der Waals surface area contributed by atoms with Gasteiger partial charge in [0.1, 0.15) is 6.54 Å². The first kappa shape index (κ1) is 19.2. The van der Waals surface area contributed by atoms with Gasteiger partial charge in [-0.05, 0) is 31.0 Å². The minimum absolute atomic E-state index is 0.0937. The fourth-order valence-corrected chi connectivity index (χ4v) is 3.16. The fourth-order valence-electron chi connectivity index (χ4n) is 3.16. The van der Waals surface area contributed by atoms with E-state index in [1.165, 1.54) is 0 Å². The minimum Gasteiger partial charge on any atom is -0.480 e. The van der Waals surface area contributed by atoms with Crippen LogP contribution in [0.1, 0.15) is 16.8 Å². The third kappa shape index (κ3) is 5.72. The number of rotatable bonds is 9. The van der Waals surface area contributed by atoms with Gasteiger partial charge in [-0.25, -0.2) is 0 Å². The zero-order chi connectivity index (χ0) is 18.2. The summed E-state index contributed by atoms with van der Waals surface area (Å²) in [5.74, 6) is -0.605. The molecule has 1 amide bonds. The zero-order valence-electron chi connectivity index (χ0n) is 14.9. The van der Waals surface area contributed by atoms with Gasteiger partial charge >= 0.3 is 5.97 Å². The molecule has 0 spiro atoms. The maximum absolute atomic E-state index is 12.8. The fraction of sp³-hybridized carbons (Fsp3) is 0.556. The Labute approximate surface area is 148 Å². The average Bonchev–Trinajstić information content (AvgIpc) is 3.05. The first-order valence-electron chi connectivity index (χ1n) is 8.52. The van der Waals surface area contributed by atoms with E-state index in [0.29, 0.717) is 23.7 Å². The van der Waals surface area contributed by atoms with Crippen molar-refractivity contribution in [3.63, 3.8) is 0 Å². The van der Waals surface area contributed by atoms with Crippen LogP contribution in [0.3, 0.4) is 0 Å². The lowest BCUT2D eigenvalue weighted by Crippen LogP contribution is -2.34. The van der Waals surface area contributed by atoms with Gasteiger partial charge in [-0.3, -0.25) is 9.59 Å². The van der Waals surface area contributed by atoms with Crippen molar-refractivity contribution in [1.29, 1.82) is 0 Å². The van der Waals surface area contributed by atoms with Crippen LogP contribution < -0.4 is 5.32 Å². The number of aliphatic carboxylic acids is 1. The number of carbonyl (C=O) groups is 2. The van der Waals surface area contributed by atoms with Crippen molar-refractivity contribution in [2.45, 2.75) is 6.42 Å². The number of methoxy groups -OCH3 is 1. The molecule has 1 aromatic rings. The number of hydrogen-bond acceptors (Lipinski definition) is 5. The number of likely N-dealkylation sites (tertiary alicyclic amines) is 1. The number of hydrogen-bond donors (Lipinski definition) is 2. The molecule has 138 valence electrons. The van der Waals surface area contributed by atoms with E-state index < -0.39 is 5.97 Å². The molecule has 7 heteroatoms. The number of carboxylic acids is 1. The molecular formula is C18H27N3O4. The summed E-state index contributed by atoms with van der Waals surface area (Å²) in [6.07, 6.45) is 1.07. The summed E-state index contributed by atoms with van der Waals surface area (Å²) in [6.45, 7) is 4.13. The van der Waals surface area contributed by atoms with E-state index in [9.17, 15) is 9.59 Å². The lowest BCUT2D eigenvalue weighted by atomic mass is 10.1. The molecule has 0 aromatic heterocycles. The van der Waals surface area contributed by atoms with Crippen molar-refractivity contribution >= 4 is 17.6 Å². The average molecular weight is 349 g/mol. The van der Waals surface area contributed by atoms with Gasteiger partial charge in [-0.1, -0.05) is 12.1 Å². The van der Waals surface area contributed by atoms with Crippen molar-refractivity contribution in [3.8, 4) is 0 Å². The molecule has 25 heavy (non-hydrogen) atoms. The monoisotopic (exact) mass is 349 g/mol. The number of benzene rings is 1. The van der Waals surface area contributed by atoms with Crippen LogP contribution >= 0.6 is 0 Å². The summed E-state index contributed by atoms with van der Waals surface area (Å²) in [6, 6.07) is 7.02. The van der Waals surface area contributed by atoms with Crippen LogP contribution in [0, 0.1) is 5.92 Å². The predicted molar refractivity (Wildman–Crippen MR) is 96.0 cm³/mol. The molecule has 2 rings (SSSR count). The van der Waals surface area contributed by atoms with Crippen LogP contribution in [-0.2, 0) is 9.53 Å². The Hall–Kier alpha value is -2.12. The summed E-state index contributed by atoms with van der Waals surface area (Å²) in [7, 11) is 3.50. The van der Waals surface area contributed by atoms with Crippen molar-refractivity contribution in [1.82, 2.24) is 9.80 Å². The third-order valence-electron chi connectivity index (χ3n) is 4.45. The SMILES string of the molecule is COCCN1CCC(CN(C)C(=O)c2ccccc2NCC(=O)O)C1. The molecule has 1 heterocycles. The summed E-state index contributed by atoms with van der Waals surface area (Å²) in [5.41, 5.74) is 1.05. The van der Waals surface area contributed by atoms with Gasteiger partial charge in [0.05, 0.1) is 12.2 Å². The highest BCUT2D eigenvalue weighted by Gasteiger charge is 2.25. The molecular weight excluding hydrogens is 322 g/mol. The molecule has 0 radical (unpaired) electrons. The number of carboxylic acid groups (broad SMARTS) is 1. The van der Waals surface area contributed by atoms with Crippen LogP contribution in [-0.4, -0.2) is 80.3 Å². The van der Waals surface area contributed by atoms with E-state index in [1.807, 2.05) is 0 Å². The van der Waals surface area contributed by atoms with Gasteiger partial charge < -0.3 is 25.0 Å².